The average molecular weight is 409 g/mol. The van der Waals surface area contributed by atoms with E-state index in [1.807, 2.05) is 26.0 Å². The van der Waals surface area contributed by atoms with Crippen LogP contribution in [-0.2, 0) is 0 Å². The van der Waals surface area contributed by atoms with Crippen LogP contribution < -0.4 is 10.6 Å². The molecule has 7 heteroatoms. The van der Waals surface area contributed by atoms with E-state index >= 15 is 0 Å². The first kappa shape index (κ1) is 18.1. The van der Waals surface area contributed by atoms with Gasteiger partial charge in [0.1, 0.15) is 4.88 Å². The highest BCUT2D eigenvalue weighted by Crippen LogP contribution is 2.36. The zero-order valence-electron chi connectivity index (χ0n) is 13.4. The van der Waals surface area contributed by atoms with Gasteiger partial charge < -0.3 is 5.32 Å². The molecule has 25 heavy (non-hydrogen) atoms. The van der Waals surface area contributed by atoms with Crippen LogP contribution in [0.1, 0.15) is 20.8 Å². The van der Waals surface area contributed by atoms with Gasteiger partial charge in [0, 0.05) is 20.8 Å². The van der Waals surface area contributed by atoms with Crippen LogP contribution in [0.15, 0.2) is 36.4 Å². The molecule has 0 saturated carbocycles. The number of carbonyl (C=O) groups is 1. The largest absolute Gasteiger partial charge is 0.332 e. The Morgan fingerprint density at radius 3 is 2.44 bits per heavy atom. The van der Waals surface area contributed by atoms with E-state index in [0.29, 0.717) is 14.9 Å². The zero-order valence-corrected chi connectivity index (χ0v) is 16.6. The Balaban J connectivity index is 1.77. The van der Waals surface area contributed by atoms with Gasteiger partial charge in [-0.1, -0.05) is 35.3 Å². The lowest BCUT2D eigenvalue weighted by Gasteiger charge is -2.10. The molecule has 0 unspecified atom stereocenters. The Bertz CT molecular complexity index is 978. The van der Waals surface area contributed by atoms with Crippen molar-refractivity contribution in [2.24, 2.45) is 0 Å². The summed E-state index contributed by atoms with van der Waals surface area (Å²) in [6, 6.07) is 11.3. The average Bonchev–Trinajstić information content (AvgIpc) is 2.82. The van der Waals surface area contributed by atoms with Crippen LogP contribution in [0.2, 0.25) is 10.0 Å². The summed E-state index contributed by atoms with van der Waals surface area (Å²) in [5, 5.41) is 7.73. The topological polar surface area (TPSA) is 41.1 Å². The van der Waals surface area contributed by atoms with Gasteiger partial charge in [0.05, 0.1) is 5.02 Å². The molecule has 0 fully saturated rings. The van der Waals surface area contributed by atoms with E-state index in [2.05, 4.69) is 16.7 Å². The Kier molecular flexibility index (Phi) is 5.29. The van der Waals surface area contributed by atoms with Crippen molar-refractivity contribution in [1.82, 2.24) is 5.32 Å². The second kappa shape index (κ2) is 7.30. The van der Waals surface area contributed by atoms with Gasteiger partial charge >= 0.3 is 0 Å². The normalized spacial score (nSPS) is 10.7. The predicted octanol–water partition coefficient (Wildman–Crippen LogP) is 5.95. The van der Waals surface area contributed by atoms with Gasteiger partial charge in [0.15, 0.2) is 5.11 Å². The van der Waals surface area contributed by atoms with Gasteiger partial charge in [-0.25, -0.2) is 0 Å². The van der Waals surface area contributed by atoms with Crippen LogP contribution in [0, 0.1) is 13.8 Å². The third-order valence-electron chi connectivity index (χ3n) is 3.50. The SMILES string of the molecule is Cc1cc(C)cc(NC(=S)NC(=O)c2sc3cc(Cl)ccc3c2Cl)c1. The van der Waals surface area contributed by atoms with Crippen molar-refractivity contribution < 1.29 is 4.79 Å². The van der Waals surface area contributed by atoms with Gasteiger partial charge in [-0.15, -0.1) is 11.3 Å². The highest BCUT2D eigenvalue weighted by molar-refractivity contribution is 7.80. The molecule has 1 heterocycles. The molecular formula is C18H14Cl2N2OS2. The lowest BCUT2D eigenvalue weighted by molar-refractivity contribution is 0.0982. The van der Waals surface area contributed by atoms with Crippen molar-refractivity contribution in [3.63, 3.8) is 0 Å². The minimum atomic E-state index is -0.343. The number of aryl methyl sites for hydroxylation is 2. The summed E-state index contributed by atoms with van der Waals surface area (Å²) in [5.74, 6) is -0.343. The molecule has 1 amide bonds. The number of amides is 1. The van der Waals surface area contributed by atoms with E-state index in [9.17, 15) is 4.79 Å². The van der Waals surface area contributed by atoms with Gasteiger partial charge in [-0.05, 0) is 61.5 Å². The highest BCUT2D eigenvalue weighted by atomic mass is 35.5. The molecule has 3 nitrogen and oxygen atoms in total. The summed E-state index contributed by atoms with van der Waals surface area (Å²) in [6.07, 6.45) is 0. The summed E-state index contributed by atoms with van der Waals surface area (Å²) in [7, 11) is 0. The van der Waals surface area contributed by atoms with Crippen molar-refractivity contribution >= 4 is 73.5 Å². The van der Waals surface area contributed by atoms with Crippen molar-refractivity contribution in [2.45, 2.75) is 13.8 Å². The van der Waals surface area contributed by atoms with E-state index in [1.54, 1.807) is 18.2 Å². The van der Waals surface area contributed by atoms with Crippen molar-refractivity contribution in [2.75, 3.05) is 5.32 Å². The first-order valence-corrected chi connectivity index (χ1v) is 9.40. The number of carbonyl (C=O) groups excluding carboxylic acids is 1. The van der Waals surface area contributed by atoms with Crippen LogP contribution in [0.5, 0.6) is 0 Å². The lowest BCUT2D eigenvalue weighted by Crippen LogP contribution is -2.33. The summed E-state index contributed by atoms with van der Waals surface area (Å²) in [6.45, 7) is 4.00. The van der Waals surface area contributed by atoms with E-state index < -0.39 is 0 Å². The Labute approximate surface area is 164 Å². The second-order valence-electron chi connectivity index (χ2n) is 5.67. The third kappa shape index (κ3) is 4.12. The third-order valence-corrected chi connectivity index (χ3v) is 5.60. The number of rotatable bonds is 2. The fourth-order valence-corrected chi connectivity index (χ4v) is 4.45. The number of benzene rings is 2. The fourth-order valence-electron chi connectivity index (χ4n) is 2.55. The van der Waals surface area contributed by atoms with Crippen LogP contribution in [0.4, 0.5) is 5.69 Å². The summed E-state index contributed by atoms with van der Waals surface area (Å²) >= 11 is 18.8. The monoisotopic (exact) mass is 408 g/mol. The quantitative estimate of drug-likeness (QED) is 0.514. The number of hydrogen-bond donors (Lipinski definition) is 2. The standard InChI is InChI=1S/C18H14Cl2N2OS2/c1-9-5-10(2)7-12(6-9)21-18(24)22-17(23)16-15(20)13-4-3-11(19)8-14(13)25-16/h3-8H,1-2H3,(H2,21,22,23,24). The molecule has 0 aliphatic heterocycles. The number of hydrogen-bond acceptors (Lipinski definition) is 3. The van der Waals surface area contributed by atoms with Crippen molar-refractivity contribution in [3.05, 3.63) is 62.4 Å². The van der Waals surface area contributed by atoms with Crippen molar-refractivity contribution in [1.29, 1.82) is 0 Å². The minimum Gasteiger partial charge on any atom is -0.332 e. The smallest absolute Gasteiger partial charge is 0.269 e. The molecular weight excluding hydrogens is 395 g/mol. The van der Waals surface area contributed by atoms with Gasteiger partial charge in [-0.3, -0.25) is 10.1 Å². The highest BCUT2D eigenvalue weighted by Gasteiger charge is 2.18. The van der Waals surface area contributed by atoms with Crippen molar-refractivity contribution in [3.8, 4) is 0 Å². The minimum absolute atomic E-state index is 0.224. The van der Waals surface area contributed by atoms with Gasteiger partial charge in [-0.2, -0.15) is 0 Å². The molecule has 0 radical (unpaired) electrons. The maximum absolute atomic E-state index is 12.5. The van der Waals surface area contributed by atoms with E-state index in [-0.39, 0.29) is 11.0 Å². The maximum Gasteiger partial charge on any atom is 0.269 e. The molecule has 3 rings (SSSR count). The summed E-state index contributed by atoms with van der Waals surface area (Å²) in [4.78, 5) is 12.9. The Hall–Kier alpha value is -1.66. The van der Waals surface area contributed by atoms with Gasteiger partial charge in [0.25, 0.3) is 5.91 Å². The molecule has 3 aromatic rings. The molecule has 128 valence electrons. The second-order valence-corrected chi connectivity index (χ2v) is 7.95. The number of nitrogens with one attached hydrogen (secondary N) is 2. The summed E-state index contributed by atoms with van der Waals surface area (Å²) in [5.41, 5.74) is 3.05. The van der Waals surface area contributed by atoms with Gasteiger partial charge in [0.2, 0.25) is 0 Å². The number of thiocarbonyl (C=S) groups is 1. The van der Waals surface area contributed by atoms with Crippen LogP contribution in [-0.4, -0.2) is 11.0 Å². The summed E-state index contributed by atoms with van der Waals surface area (Å²) < 4.78 is 0.857. The maximum atomic E-state index is 12.5. The predicted molar refractivity (Wildman–Crippen MR) is 111 cm³/mol. The molecule has 0 atom stereocenters. The number of halogens is 2. The Morgan fingerprint density at radius 1 is 1.08 bits per heavy atom. The molecule has 0 aliphatic rings. The number of fused-ring (bicyclic) bond motifs is 1. The number of thiophene rings is 1. The zero-order chi connectivity index (χ0) is 18.1. The molecule has 0 spiro atoms. The fraction of sp³-hybridized carbons (Fsp3) is 0.111. The molecule has 2 aromatic carbocycles. The molecule has 1 aromatic heterocycles. The molecule has 2 N–H and O–H groups in total. The molecule has 0 saturated heterocycles. The molecule has 0 bridgehead atoms. The van der Waals surface area contributed by atoms with Crippen LogP contribution >= 0.6 is 46.8 Å². The number of anilines is 1. The van der Waals surface area contributed by atoms with E-state index in [1.165, 1.54) is 11.3 Å². The first-order valence-electron chi connectivity index (χ1n) is 7.41. The van der Waals surface area contributed by atoms with E-state index in [0.717, 1.165) is 26.9 Å². The molecule has 0 aliphatic carbocycles. The first-order chi connectivity index (χ1) is 11.8. The van der Waals surface area contributed by atoms with Crippen LogP contribution in [0.3, 0.4) is 0 Å². The van der Waals surface area contributed by atoms with Crippen LogP contribution in [0.25, 0.3) is 10.1 Å². The Morgan fingerprint density at radius 2 is 1.76 bits per heavy atom. The van der Waals surface area contributed by atoms with E-state index in [4.69, 9.17) is 35.4 Å². The lowest BCUT2D eigenvalue weighted by atomic mass is 10.1.